The lowest BCUT2D eigenvalue weighted by Crippen LogP contribution is -2.38. The Balaban J connectivity index is 1.70. The molecule has 5 nitrogen and oxygen atoms in total. The van der Waals surface area contributed by atoms with E-state index in [2.05, 4.69) is 5.32 Å². The fraction of sp³-hybridized carbons (Fsp3) is 0.364. The summed E-state index contributed by atoms with van der Waals surface area (Å²) in [7, 11) is 1.40. The third-order valence-electron chi connectivity index (χ3n) is 5.02. The third kappa shape index (κ3) is 4.16. The number of hydrogen-bond acceptors (Lipinski definition) is 3. The van der Waals surface area contributed by atoms with Crippen LogP contribution < -0.4 is 15.0 Å². The highest BCUT2D eigenvalue weighted by molar-refractivity contribution is 5.97. The number of nitrogens with one attached hydrogen (secondary N) is 1. The van der Waals surface area contributed by atoms with Gasteiger partial charge >= 0.3 is 0 Å². The van der Waals surface area contributed by atoms with Crippen LogP contribution in [-0.4, -0.2) is 25.0 Å². The van der Waals surface area contributed by atoms with Gasteiger partial charge in [0.05, 0.1) is 7.11 Å². The van der Waals surface area contributed by atoms with Gasteiger partial charge in [-0.1, -0.05) is 18.2 Å². The SMILES string of the molecule is COc1ccc(N(C(=O)CCC2Cc3ccccc3NC2=O)C(C)C)cc1F. The Morgan fingerprint density at radius 3 is 2.71 bits per heavy atom. The predicted octanol–water partition coefficient (Wildman–Crippen LogP) is 4.17. The van der Waals surface area contributed by atoms with E-state index in [4.69, 9.17) is 4.74 Å². The van der Waals surface area contributed by atoms with Crippen LogP contribution in [0.4, 0.5) is 15.8 Å². The first-order valence-electron chi connectivity index (χ1n) is 9.45. The number of hydrogen-bond donors (Lipinski definition) is 1. The molecule has 2 amide bonds. The van der Waals surface area contributed by atoms with E-state index in [0.29, 0.717) is 18.5 Å². The van der Waals surface area contributed by atoms with Gasteiger partial charge in [-0.25, -0.2) is 4.39 Å². The highest BCUT2D eigenvalue weighted by Gasteiger charge is 2.28. The summed E-state index contributed by atoms with van der Waals surface area (Å²) < 4.78 is 19.0. The number of methoxy groups -OCH3 is 1. The van der Waals surface area contributed by atoms with E-state index in [-0.39, 0.29) is 35.9 Å². The maximum atomic E-state index is 14.1. The molecule has 1 aliphatic rings. The highest BCUT2D eigenvalue weighted by Crippen LogP contribution is 2.29. The molecule has 2 aromatic carbocycles. The summed E-state index contributed by atoms with van der Waals surface area (Å²) in [6.07, 6.45) is 1.28. The van der Waals surface area contributed by atoms with Gasteiger partial charge in [0.2, 0.25) is 11.8 Å². The van der Waals surface area contributed by atoms with Crippen LogP contribution in [0.2, 0.25) is 0 Å². The van der Waals surface area contributed by atoms with Gasteiger partial charge < -0.3 is 15.0 Å². The number of carbonyl (C=O) groups excluding carboxylic acids is 2. The molecular weight excluding hydrogens is 359 g/mol. The summed E-state index contributed by atoms with van der Waals surface area (Å²) in [5.74, 6) is -0.816. The molecule has 6 heteroatoms. The van der Waals surface area contributed by atoms with Crippen molar-refractivity contribution in [3.05, 3.63) is 53.8 Å². The van der Waals surface area contributed by atoms with E-state index in [1.807, 2.05) is 38.1 Å². The molecule has 1 heterocycles. The summed E-state index contributed by atoms with van der Waals surface area (Å²) in [6, 6.07) is 12.1. The van der Waals surface area contributed by atoms with Crippen molar-refractivity contribution in [1.29, 1.82) is 0 Å². The van der Waals surface area contributed by atoms with Crippen LogP contribution in [0.3, 0.4) is 0 Å². The molecule has 148 valence electrons. The average molecular weight is 384 g/mol. The number of nitrogens with zero attached hydrogens (tertiary/aromatic N) is 1. The fourth-order valence-electron chi connectivity index (χ4n) is 3.60. The normalized spacial score (nSPS) is 15.8. The topological polar surface area (TPSA) is 58.6 Å². The Morgan fingerprint density at radius 2 is 2.04 bits per heavy atom. The van der Waals surface area contributed by atoms with Crippen LogP contribution >= 0.6 is 0 Å². The minimum atomic E-state index is -0.512. The summed E-state index contributed by atoms with van der Waals surface area (Å²) in [5.41, 5.74) is 2.40. The van der Waals surface area contributed by atoms with E-state index in [0.717, 1.165) is 11.3 Å². The van der Waals surface area contributed by atoms with E-state index >= 15 is 0 Å². The molecule has 3 rings (SSSR count). The molecule has 0 fully saturated rings. The molecule has 1 N–H and O–H groups in total. The molecule has 0 bridgehead atoms. The van der Waals surface area contributed by atoms with Crippen molar-refractivity contribution in [1.82, 2.24) is 0 Å². The first-order valence-corrected chi connectivity index (χ1v) is 9.45. The molecule has 2 aromatic rings. The number of halogens is 1. The second-order valence-electron chi connectivity index (χ2n) is 7.26. The molecule has 0 saturated carbocycles. The van der Waals surface area contributed by atoms with E-state index in [9.17, 15) is 14.0 Å². The number of anilines is 2. The first kappa shape index (κ1) is 19.9. The maximum Gasteiger partial charge on any atom is 0.227 e. The van der Waals surface area contributed by atoms with Gasteiger partial charge in [0, 0.05) is 35.8 Å². The lowest BCUT2D eigenvalue weighted by atomic mass is 9.89. The Labute approximate surface area is 164 Å². The van der Waals surface area contributed by atoms with E-state index < -0.39 is 5.82 Å². The van der Waals surface area contributed by atoms with Gasteiger partial charge in [0.25, 0.3) is 0 Å². The Kier molecular flexibility index (Phi) is 5.97. The smallest absolute Gasteiger partial charge is 0.227 e. The van der Waals surface area contributed by atoms with E-state index in [1.165, 1.54) is 19.2 Å². The van der Waals surface area contributed by atoms with Crippen molar-refractivity contribution in [2.75, 3.05) is 17.3 Å². The lowest BCUT2D eigenvalue weighted by Gasteiger charge is -2.29. The van der Waals surface area contributed by atoms with Gasteiger partial charge in [0.15, 0.2) is 11.6 Å². The molecule has 28 heavy (non-hydrogen) atoms. The van der Waals surface area contributed by atoms with Crippen LogP contribution in [-0.2, 0) is 16.0 Å². The molecule has 0 aliphatic carbocycles. The van der Waals surface area contributed by atoms with Crippen molar-refractivity contribution in [2.45, 2.75) is 39.2 Å². The zero-order valence-corrected chi connectivity index (χ0v) is 16.4. The predicted molar refractivity (Wildman–Crippen MR) is 107 cm³/mol. The zero-order chi connectivity index (χ0) is 20.3. The monoisotopic (exact) mass is 384 g/mol. The fourth-order valence-corrected chi connectivity index (χ4v) is 3.60. The minimum absolute atomic E-state index is 0.0573. The van der Waals surface area contributed by atoms with Gasteiger partial charge in [-0.3, -0.25) is 9.59 Å². The summed E-state index contributed by atoms with van der Waals surface area (Å²) >= 11 is 0. The summed E-state index contributed by atoms with van der Waals surface area (Å²) in [4.78, 5) is 26.8. The molecule has 0 saturated heterocycles. The second kappa shape index (κ2) is 8.42. The van der Waals surface area contributed by atoms with Gasteiger partial charge in [-0.2, -0.15) is 0 Å². The molecule has 1 unspecified atom stereocenters. The minimum Gasteiger partial charge on any atom is -0.494 e. The quantitative estimate of drug-likeness (QED) is 0.813. The van der Waals surface area contributed by atoms with Crippen LogP contribution in [0.5, 0.6) is 5.75 Å². The van der Waals surface area contributed by atoms with Gasteiger partial charge in [-0.05, 0) is 50.5 Å². The zero-order valence-electron chi connectivity index (χ0n) is 16.4. The standard InChI is InChI=1S/C22H25FN2O3/c1-14(2)25(17-9-10-20(28-3)18(23)13-17)21(26)11-8-16-12-15-6-4-5-7-19(15)24-22(16)27/h4-7,9-10,13-14,16H,8,11-12H2,1-3H3,(H,24,27). The van der Waals surface area contributed by atoms with Crippen molar-refractivity contribution in [2.24, 2.45) is 5.92 Å². The van der Waals surface area contributed by atoms with Crippen molar-refractivity contribution < 1.29 is 18.7 Å². The number of rotatable bonds is 6. The number of ether oxygens (including phenoxy) is 1. The van der Waals surface area contributed by atoms with Gasteiger partial charge in [0.1, 0.15) is 0 Å². The molecular formula is C22H25FN2O3. The summed E-state index contributed by atoms with van der Waals surface area (Å²) in [6.45, 7) is 3.76. The van der Waals surface area contributed by atoms with Crippen LogP contribution in [0.1, 0.15) is 32.3 Å². The molecule has 1 atom stereocenters. The first-order chi connectivity index (χ1) is 13.4. The number of amides is 2. The van der Waals surface area contributed by atoms with Crippen molar-refractivity contribution in [3.8, 4) is 5.75 Å². The van der Waals surface area contributed by atoms with Crippen LogP contribution in [0.15, 0.2) is 42.5 Å². The molecule has 1 aliphatic heterocycles. The van der Waals surface area contributed by atoms with Crippen LogP contribution in [0, 0.1) is 11.7 Å². The van der Waals surface area contributed by atoms with E-state index in [1.54, 1.807) is 11.0 Å². The number of fused-ring (bicyclic) bond motifs is 1. The number of para-hydroxylation sites is 1. The average Bonchev–Trinajstić information content (AvgIpc) is 2.66. The second-order valence-corrected chi connectivity index (χ2v) is 7.26. The maximum absolute atomic E-state index is 14.1. The van der Waals surface area contributed by atoms with Crippen molar-refractivity contribution in [3.63, 3.8) is 0 Å². The number of carbonyl (C=O) groups is 2. The highest BCUT2D eigenvalue weighted by atomic mass is 19.1. The third-order valence-corrected chi connectivity index (χ3v) is 5.02. The Hall–Kier alpha value is -2.89. The lowest BCUT2D eigenvalue weighted by molar-refractivity contribution is -0.121. The molecule has 0 radical (unpaired) electrons. The Morgan fingerprint density at radius 1 is 1.29 bits per heavy atom. The summed E-state index contributed by atoms with van der Waals surface area (Å²) in [5, 5.41) is 2.91. The molecule has 0 aromatic heterocycles. The van der Waals surface area contributed by atoms with Crippen LogP contribution in [0.25, 0.3) is 0 Å². The number of benzene rings is 2. The molecule has 0 spiro atoms. The van der Waals surface area contributed by atoms with Gasteiger partial charge in [-0.15, -0.1) is 0 Å². The Bertz CT molecular complexity index is 882. The largest absolute Gasteiger partial charge is 0.494 e. The van der Waals surface area contributed by atoms with Crippen molar-refractivity contribution >= 4 is 23.2 Å².